The molecule has 0 heterocycles. The Morgan fingerprint density at radius 3 is 2.37 bits per heavy atom. The molecule has 19 heavy (non-hydrogen) atoms. The van der Waals surface area contributed by atoms with Crippen molar-refractivity contribution in [1.82, 2.24) is 5.32 Å². The number of hydrogen-bond donors (Lipinski definition) is 1. The van der Waals surface area contributed by atoms with Crippen LogP contribution in [-0.4, -0.2) is 23.6 Å². The van der Waals surface area contributed by atoms with E-state index in [0.29, 0.717) is 5.92 Å². The lowest BCUT2D eigenvalue weighted by atomic mass is 9.95. The van der Waals surface area contributed by atoms with Gasteiger partial charge in [0.2, 0.25) is 0 Å². The Morgan fingerprint density at radius 1 is 1.21 bits per heavy atom. The molecule has 1 N–H and O–H groups in total. The average molecular weight is 283 g/mol. The number of nitrogens with one attached hydrogen (secondary N) is 1. The quantitative estimate of drug-likeness (QED) is 0.742. The zero-order valence-electron chi connectivity index (χ0n) is 12.5. The summed E-state index contributed by atoms with van der Waals surface area (Å²) in [5, 5.41) is 3.56. The Morgan fingerprint density at radius 2 is 1.84 bits per heavy atom. The summed E-state index contributed by atoms with van der Waals surface area (Å²) >= 11 is 1.97. The molecule has 0 radical (unpaired) electrons. The van der Waals surface area contributed by atoms with E-state index in [4.69, 9.17) is 0 Å². The second kappa shape index (κ2) is 7.91. The topological polar surface area (TPSA) is 12.0 Å². The molecule has 0 bridgehead atoms. The van der Waals surface area contributed by atoms with Gasteiger partial charge in [0.25, 0.3) is 0 Å². The van der Waals surface area contributed by atoms with Gasteiger partial charge in [0, 0.05) is 12.1 Å². The first kappa shape index (κ1) is 16.5. The molecule has 0 saturated carbocycles. The first-order valence-corrected chi connectivity index (χ1v) is 8.16. The molecule has 1 nitrogen and oxygen atoms in total. The molecule has 0 amide bonds. The molecule has 0 aliphatic heterocycles. The summed E-state index contributed by atoms with van der Waals surface area (Å²) in [5.41, 5.74) is 1.35. The molecule has 3 heteroatoms. The fourth-order valence-electron chi connectivity index (χ4n) is 1.92. The standard InChI is InChI=1S/C16H26FNS/c1-5-19-11-10-14(12-18-16(2,3)4)13-6-8-15(17)9-7-13/h6-9,14,18H,5,10-12H2,1-4H3. The minimum absolute atomic E-state index is 0.121. The summed E-state index contributed by atoms with van der Waals surface area (Å²) in [6.07, 6.45) is 1.13. The molecule has 108 valence electrons. The first-order valence-electron chi connectivity index (χ1n) is 7.00. The molecule has 1 rings (SSSR count). The van der Waals surface area contributed by atoms with E-state index in [9.17, 15) is 4.39 Å². The van der Waals surface area contributed by atoms with E-state index in [2.05, 4.69) is 33.0 Å². The Balaban J connectivity index is 2.65. The minimum atomic E-state index is -0.158. The zero-order chi connectivity index (χ0) is 14.3. The van der Waals surface area contributed by atoms with Crippen molar-refractivity contribution in [3.63, 3.8) is 0 Å². The number of halogens is 1. The summed E-state index contributed by atoms with van der Waals surface area (Å²) in [4.78, 5) is 0. The normalized spacial score (nSPS) is 13.5. The molecule has 0 aliphatic rings. The van der Waals surface area contributed by atoms with Crippen LogP contribution in [-0.2, 0) is 0 Å². The zero-order valence-corrected chi connectivity index (χ0v) is 13.3. The van der Waals surface area contributed by atoms with Crippen molar-refractivity contribution in [2.45, 2.75) is 45.6 Å². The molecule has 0 aliphatic carbocycles. The maximum Gasteiger partial charge on any atom is 0.123 e. The molecule has 1 atom stereocenters. The highest BCUT2D eigenvalue weighted by molar-refractivity contribution is 7.99. The van der Waals surface area contributed by atoms with Crippen LogP contribution >= 0.6 is 11.8 Å². The van der Waals surface area contributed by atoms with E-state index < -0.39 is 0 Å². The fraction of sp³-hybridized carbons (Fsp3) is 0.625. The van der Waals surface area contributed by atoms with Gasteiger partial charge in [-0.1, -0.05) is 19.1 Å². The average Bonchev–Trinajstić information content (AvgIpc) is 2.34. The Hall–Kier alpha value is -0.540. The van der Waals surface area contributed by atoms with E-state index in [1.54, 1.807) is 12.1 Å². The minimum Gasteiger partial charge on any atom is -0.311 e. The third-order valence-electron chi connectivity index (χ3n) is 3.03. The molecule has 0 saturated heterocycles. The molecule has 1 unspecified atom stereocenters. The summed E-state index contributed by atoms with van der Waals surface area (Å²) < 4.78 is 13.0. The van der Waals surface area contributed by atoms with Gasteiger partial charge in [0.15, 0.2) is 0 Å². The van der Waals surface area contributed by atoms with Crippen molar-refractivity contribution >= 4 is 11.8 Å². The van der Waals surface area contributed by atoms with E-state index in [1.165, 1.54) is 5.56 Å². The van der Waals surface area contributed by atoms with Gasteiger partial charge in [-0.2, -0.15) is 11.8 Å². The van der Waals surface area contributed by atoms with Gasteiger partial charge in [-0.3, -0.25) is 0 Å². The van der Waals surface area contributed by atoms with E-state index in [0.717, 1.165) is 24.5 Å². The second-order valence-electron chi connectivity index (χ2n) is 5.86. The van der Waals surface area contributed by atoms with Gasteiger partial charge in [0.1, 0.15) is 5.82 Å². The SMILES string of the molecule is CCSCCC(CNC(C)(C)C)c1ccc(F)cc1. The summed E-state index contributed by atoms with van der Waals surface area (Å²) in [5.74, 6) is 2.61. The van der Waals surface area contributed by atoms with E-state index in [-0.39, 0.29) is 11.4 Å². The van der Waals surface area contributed by atoms with Crippen LogP contribution < -0.4 is 5.32 Å². The predicted molar refractivity (Wildman–Crippen MR) is 84.5 cm³/mol. The molecule has 0 spiro atoms. The highest BCUT2D eigenvalue weighted by atomic mass is 32.2. The highest BCUT2D eigenvalue weighted by Gasteiger charge is 2.15. The van der Waals surface area contributed by atoms with Crippen LogP contribution in [0.4, 0.5) is 4.39 Å². The lowest BCUT2D eigenvalue weighted by molar-refractivity contribution is 0.403. The van der Waals surface area contributed by atoms with Crippen LogP contribution in [0.25, 0.3) is 0 Å². The molecule has 0 fully saturated rings. The first-order chi connectivity index (χ1) is 8.92. The summed E-state index contributed by atoms with van der Waals surface area (Å²) in [6.45, 7) is 9.66. The Labute approximate surface area is 121 Å². The number of rotatable bonds is 7. The molecular formula is C16H26FNS. The summed E-state index contributed by atoms with van der Waals surface area (Å²) in [6, 6.07) is 6.96. The van der Waals surface area contributed by atoms with Gasteiger partial charge >= 0.3 is 0 Å². The van der Waals surface area contributed by atoms with Gasteiger partial charge in [-0.15, -0.1) is 0 Å². The predicted octanol–water partition coefficient (Wildman–Crippen LogP) is 4.44. The van der Waals surface area contributed by atoms with Crippen molar-refractivity contribution in [1.29, 1.82) is 0 Å². The molecule has 1 aromatic rings. The lowest BCUT2D eigenvalue weighted by Crippen LogP contribution is -2.38. The molecule has 1 aromatic carbocycles. The van der Waals surface area contributed by atoms with Crippen molar-refractivity contribution in [2.24, 2.45) is 0 Å². The van der Waals surface area contributed by atoms with Crippen LogP contribution in [0.5, 0.6) is 0 Å². The van der Waals surface area contributed by atoms with Crippen LogP contribution in [0, 0.1) is 5.82 Å². The highest BCUT2D eigenvalue weighted by Crippen LogP contribution is 2.22. The fourth-order valence-corrected chi connectivity index (χ4v) is 2.66. The number of hydrogen-bond acceptors (Lipinski definition) is 2. The largest absolute Gasteiger partial charge is 0.311 e. The van der Waals surface area contributed by atoms with Crippen molar-refractivity contribution in [2.75, 3.05) is 18.1 Å². The lowest BCUT2D eigenvalue weighted by Gasteiger charge is -2.25. The van der Waals surface area contributed by atoms with Crippen molar-refractivity contribution in [3.8, 4) is 0 Å². The molecule has 0 aromatic heterocycles. The van der Waals surface area contributed by atoms with Gasteiger partial charge in [-0.25, -0.2) is 4.39 Å². The number of benzene rings is 1. The van der Waals surface area contributed by atoms with Gasteiger partial charge < -0.3 is 5.32 Å². The maximum absolute atomic E-state index is 13.0. The van der Waals surface area contributed by atoms with Crippen LogP contribution in [0.1, 0.15) is 45.6 Å². The van der Waals surface area contributed by atoms with Crippen molar-refractivity contribution in [3.05, 3.63) is 35.6 Å². The third-order valence-corrected chi connectivity index (χ3v) is 3.97. The smallest absolute Gasteiger partial charge is 0.123 e. The maximum atomic E-state index is 13.0. The Bertz CT molecular complexity index is 356. The van der Waals surface area contributed by atoms with Gasteiger partial charge in [-0.05, 0) is 62.3 Å². The van der Waals surface area contributed by atoms with Gasteiger partial charge in [0.05, 0.1) is 0 Å². The van der Waals surface area contributed by atoms with Crippen LogP contribution in [0.3, 0.4) is 0 Å². The Kier molecular flexibility index (Phi) is 6.87. The monoisotopic (exact) mass is 283 g/mol. The molecular weight excluding hydrogens is 257 g/mol. The van der Waals surface area contributed by atoms with Crippen molar-refractivity contribution < 1.29 is 4.39 Å². The van der Waals surface area contributed by atoms with E-state index in [1.807, 2.05) is 23.9 Å². The van der Waals surface area contributed by atoms with Crippen LogP contribution in [0.2, 0.25) is 0 Å². The number of thioether (sulfide) groups is 1. The van der Waals surface area contributed by atoms with Crippen LogP contribution in [0.15, 0.2) is 24.3 Å². The summed E-state index contributed by atoms with van der Waals surface area (Å²) in [7, 11) is 0. The van der Waals surface area contributed by atoms with E-state index >= 15 is 0 Å². The second-order valence-corrected chi connectivity index (χ2v) is 7.26. The third kappa shape index (κ3) is 6.98.